The Morgan fingerprint density at radius 3 is 2.14 bits per heavy atom. The van der Waals surface area contributed by atoms with Gasteiger partial charge in [-0.15, -0.1) is 0 Å². The number of nitrogens with two attached hydrogens (primary N) is 1. The number of carbonyl (C=O) groups is 1. The molecule has 5 nitrogen and oxygen atoms in total. The molecule has 0 aliphatic rings. The van der Waals surface area contributed by atoms with Gasteiger partial charge in [0.05, 0.1) is 4.90 Å². The van der Waals surface area contributed by atoms with Crippen molar-refractivity contribution in [2.24, 2.45) is 5.14 Å². The Hall–Kier alpha value is -2.32. The number of carbonyl (C=O) groups excluding carboxylic acids is 1. The van der Waals surface area contributed by atoms with Crippen molar-refractivity contribution in [3.8, 4) is 0 Å². The van der Waals surface area contributed by atoms with E-state index in [1.54, 1.807) is 0 Å². The molecule has 110 valence electrons. The van der Waals surface area contributed by atoms with E-state index in [2.05, 4.69) is 5.32 Å². The summed E-state index contributed by atoms with van der Waals surface area (Å²) in [6, 6.07) is 7.84. The first-order valence-electron chi connectivity index (χ1n) is 5.66. The van der Waals surface area contributed by atoms with Crippen LogP contribution in [0.4, 0.5) is 14.5 Å². The van der Waals surface area contributed by atoms with E-state index in [0.29, 0.717) is 0 Å². The van der Waals surface area contributed by atoms with Gasteiger partial charge in [0.2, 0.25) is 10.0 Å². The first-order chi connectivity index (χ1) is 9.77. The molecule has 0 radical (unpaired) electrons. The number of hydrogen-bond donors (Lipinski definition) is 2. The molecule has 0 saturated carbocycles. The second kappa shape index (κ2) is 5.58. The molecule has 0 fully saturated rings. The van der Waals surface area contributed by atoms with E-state index in [0.717, 1.165) is 18.2 Å². The van der Waals surface area contributed by atoms with Gasteiger partial charge in [0.15, 0.2) is 11.6 Å². The Kier molecular flexibility index (Phi) is 4.01. The SMILES string of the molecule is NS(=O)(=O)c1ccc(NC(=O)c2ccc(F)c(F)c2)cc1. The highest BCUT2D eigenvalue weighted by atomic mass is 32.2. The minimum absolute atomic E-state index is 0.0653. The van der Waals surface area contributed by atoms with Crippen molar-refractivity contribution >= 4 is 21.6 Å². The smallest absolute Gasteiger partial charge is 0.255 e. The number of nitrogens with one attached hydrogen (secondary N) is 1. The minimum atomic E-state index is -3.81. The fourth-order valence-electron chi connectivity index (χ4n) is 1.57. The third-order valence-electron chi connectivity index (χ3n) is 2.62. The van der Waals surface area contributed by atoms with E-state index in [1.165, 1.54) is 24.3 Å². The fourth-order valence-corrected chi connectivity index (χ4v) is 2.08. The molecule has 0 spiro atoms. The van der Waals surface area contributed by atoms with Gasteiger partial charge in [-0.25, -0.2) is 22.3 Å². The highest BCUT2D eigenvalue weighted by Gasteiger charge is 2.11. The maximum absolute atomic E-state index is 13.0. The van der Waals surface area contributed by atoms with Gasteiger partial charge in [0.25, 0.3) is 5.91 Å². The highest BCUT2D eigenvalue weighted by molar-refractivity contribution is 7.89. The summed E-state index contributed by atoms with van der Waals surface area (Å²) in [6.45, 7) is 0. The molecular formula is C13H10F2N2O3S. The molecule has 0 saturated heterocycles. The average molecular weight is 312 g/mol. The van der Waals surface area contributed by atoms with Crippen molar-refractivity contribution in [1.82, 2.24) is 0 Å². The lowest BCUT2D eigenvalue weighted by molar-refractivity contribution is 0.102. The van der Waals surface area contributed by atoms with Crippen molar-refractivity contribution in [2.45, 2.75) is 4.90 Å². The van der Waals surface area contributed by atoms with Crippen LogP contribution in [0, 0.1) is 11.6 Å². The molecule has 2 rings (SSSR count). The van der Waals surface area contributed by atoms with Crippen molar-refractivity contribution in [2.75, 3.05) is 5.32 Å². The summed E-state index contributed by atoms with van der Waals surface area (Å²) in [4.78, 5) is 11.7. The first-order valence-corrected chi connectivity index (χ1v) is 7.21. The van der Waals surface area contributed by atoms with Gasteiger partial charge in [-0.3, -0.25) is 4.79 Å². The van der Waals surface area contributed by atoms with Gasteiger partial charge in [0, 0.05) is 11.3 Å². The summed E-state index contributed by atoms with van der Waals surface area (Å²) in [5.74, 6) is -2.84. The number of amides is 1. The van der Waals surface area contributed by atoms with Crippen LogP contribution in [-0.2, 0) is 10.0 Å². The molecule has 21 heavy (non-hydrogen) atoms. The Labute approximate surface area is 119 Å². The van der Waals surface area contributed by atoms with E-state index >= 15 is 0 Å². The molecule has 2 aromatic rings. The Bertz CT molecular complexity index is 790. The molecule has 0 atom stereocenters. The van der Waals surface area contributed by atoms with E-state index in [9.17, 15) is 22.0 Å². The van der Waals surface area contributed by atoms with Crippen LogP contribution in [0.1, 0.15) is 10.4 Å². The number of benzene rings is 2. The number of primary sulfonamides is 1. The molecule has 0 aliphatic carbocycles. The van der Waals surface area contributed by atoms with Crippen LogP contribution < -0.4 is 10.5 Å². The summed E-state index contributed by atoms with van der Waals surface area (Å²) in [5.41, 5.74) is 0.224. The van der Waals surface area contributed by atoms with Gasteiger partial charge in [-0.05, 0) is 42.5 Å². The Balaban J connectivity index is 2.18. The van der Waals surface area contributed by atoms with Gasteiger partial charge in [-0.1, -0.05) is 0 Å². The summed E-state index contributed by atoms with van der Waals surface area (Å²) < 4.78 is 47.9. The largest absolute Gasteiger partial charge is 0.322 e. The van der Waals surface area contributed by atoms with Crippen LogP contribution in [0.15, 0.2) is 47.4 Å². The summed E-state index contributed by atoms with van der Waals surface area (Å²) in [5, 5.41) is 7.36. The van der Waals surface area contributed by atoms with Crippen LogP contribution in [0.5, 0.6) is 0 Å². The zero-order valence-electron chi connectivity index (χ0n) is 10.5. The second-order valence-electron chi connectivity index (χ2n) is 4.15. The average Bonchev–Trinajstić information content (AvgIpc) is 2.41. The second-order valence-corrected chi connectivity index (χ2v) is 5.71. The standard InChI is InChI=1S/C13H10F2N2O3S/c14-11-6-1-8(7-12(11)15)13(18)17-9-2-4-10(5-3-9)21(16,19)20/h1-7H,(H,17,18)(H2,16,19,20). The summed E-state index contributed by atoms with van der Waals surface area (Å²) >= 11 is 0. The first kappa shape index (κ1) is 15.1. The van der Waals surface area contributed by atoms with Crippen molar-refractivity contribution in [3.05, 3.63) is 59.7 Å². The molecule has 0 aromatic heterocycles. The quantitative estimate of drug-likeness (QED) is 0.906. The van der Waals surface area contributed by atoms with Crippen molar-refractivity contribution in [1.29, 1.82) is 0 Å². The number of rotatable bonds is 3. The predicted molar refractivity (Wildman–Crippen MR) is 72.1 cm³/mol. The molecule has 0 heterocycles. The Morgan fingerprint density at radius 1 is 1.00 bits per heavy atom. The molecule has 0 bridgehead atoms. The lowest BCUT2D eigenvalue weighted by Gasteiger charge is -2.06. The lowest BCUT2D eigenvalue weighted by atomic mass is 10.2. The predicted octanol–water partition coefficient (Wildman–Crippen LogP) is 1.86. The van der Waals surface area contributed by atoms with Crippen LogP contribution in [0.3, 0.4) is 0 Å². The van der Waals surface area contributed by atoms with Crippen LogP contribution >= 0.6 is 0 Å². The molecule has 3 N–H and O–H groups in total. The van der Waals surface area contributed by atoms with Crippen LogP contribution in [0.25, 0.3) is 0 Å². The van der Waals surface area contributed by atoms with Gasteiger partial charge in [-0.2, -0.15) is 0 Å². The molecule has 8 heteroatoms. The summed E-state index contributed by atoms with van der Waals surface area (Å²) in [6.07, 6.45) is 0. The monoisotopic (exact) mass is 312 g/mol. The lowest BCUT2D eigenvalue weighted by Crippen LogP contribution is -2.14. The number of hydrogen-bond acceptors (Lipinski definition) is 3. The highest BCUT2D eigenvalue weighted by Crippen LogP contribution is 2.15. The minimum Gasteiger partial charge on any atom is -0.322 e. The summed E-state index contributed by atoms with van der Waals surface area (Å²) in [7, 11) is -3.81. The van der Waals surface area contributed by atoms with E-state index in [1.807, 2.05) is 0 Å². The molecular weight excluding hydrogens is 302 g/mol. The number of sulfonamides is 1. The normalized spacial score (nSPS) is 11.2. The van der Waals surface area contributed by atoms with E-state index in [-0.39, 0.29) is 16.1 Å². The maximum atomic E-state index is 13.0. The number of halogens is 2. The topological polar surface area (TPSA) is 89.3 Å². The third kappa shape index (κ3) is 3.61. The molecule has 2 aromatic carbocycles. The van der Waals surface area contributed by atoms with Crippen LogP contribution in [-0.4, -0.2) is 14.3 Å². The molecule has 1 amide bonds. The van der Waals surface area contributed by atoms with Gasteiger partial charge in [0.1, 0.15) is 0 Å². The fraction of sp³-hybridized carbons (Fsp3) is 0. The van der Waals surface area contributed by atoms with Gasteiger partial charge >= 0.3 is 0 Å². The Morgan fingerprint density at radius 2 is 1.62 bits per heavy atom. The molecule has 0 unspecified atom stereocenters. The molecule has 0 aliphatic heterocycles. The van der Waals surface area contributed by atoms with E-state index < -0.39 is 27.6 Å². The third-order valence-corrected chi connectivity index (χ3v) is 3.55. The zero-order valence-corrected chi connectivity index (χ0v) is 11.3. The number of anilines is 1. The van der Waals surface area contributed by atoms with Crippen molar-refractivity contribution < 1.29 is 22.0 Å². The van der Waals surface area contributed by atoms with Crippen molar-refractivity contribution in [3.63, 3.8) is 0 Å². The van der Waals surface area contributed by atoms with E-state index in [4.69, 9.17) is 5.14 Å². The van der Waals surface area contributed by atoms with Gasteiger partial charge < -0.3 is 5.32 Å². The van der Waals surface area contributed by atoms with Crippen LogP contribution in [0.2, 0.25) is 0 Å². The zero-order chi connectivity index (χ0) is 15.6. The maximum Gasteiger partial charge on any atom is 0.255 e.